The van der Waals surface area contributed by atoms with Gasteiger partial charge in [-0.05, 0) is 29.3 Å². The zero-order valence-electron chi connectivity index (χ0n) is 20.3. The smallest absolute Gasteiger partial charge is 0.203 e. The number of methoxy groups -OCH3 is 3. The molecule has 5 nitrogen and oxygen atoms in total. The summed E-state index contributed by atoms with van der Waals surface area (Å²) in [7, 11) is 4.91. The van der Waals surface area contributed by atoms with Gasteiger partial charge in [0.25, 0.3) is 0 Å². The molecule has 8 heteroatoms. The van der Waals surface area contributed by atoms with Gasteiger partial charge in [0.05, 0.1) is 27.4 Å². The summed E-state index contributed by atoms with van der Waals surface area (Å²) in [4.78, 5) is 4.90. The van der Waals surface area contributed by atoms with Gasteiger partial charge >= 0.3 is 0 Å². The van der Waals surface area contributed by atoms with E-state index in [2.05, 4.69) is 34.1 Å². The van der Waals surface area contributed by atoms with Crippen molar-refractivity contribution < 1.29 is 18.6 Å². The van der Waals surface area contributed by atoms with Gasteiger partial charge in [0.15, 0.2) is 11.5 Å². The van der Waals surface area contributed by atoms with Gasteiger partial charge in [-0.3, -0.25) is 9.80 Å². The molecule has 190 valence electrons. The minimum absolute atomic E-state index is 0. The molecule has 3 aromatic rings. The van der Waals surface area contributed by atoms with E-state index in [1.807, 2.05) is 30.3 Å². The van der Waals surface area contributed by atoms with Crippen LogP contribution < -0.4 is 14.2 Å². The largest absolute Gasteiger partial charge is 0.493 e. The lowest BCUT2D eigenvalue weighted by molar-refractivity contribution is 0.104. The number of ether oxygens (including phenoxy) is 3. The van der Waals surface area contributed by atoms with Crippen molar-refractivity contribution in [3.05, 3.63) is 89.2 Å². The van der Waals surface area contributed by atoms with Gasteiger partial charge in [-0.25, -0.2) is 4.39 Å². The molecule has 1 heterocycles. The Morgan fingerprint density at radius 1 is 0.714 bits per heavy atom. The Morgan fingerprint density at radius 3 is 1.89 bits per heavy atom. The monoisotopic (exact) mass is 522 g/mol. The first-order chi connectivity index (χ1) is 16.1. The third-order valence-corrected chi connectivity index (χ3v) is 6.25. The summed E-state index contributed by atoms with van der Waals surface area (Å²) >= 11 is 0. The number of benzene rings is 3. The zero-order chi connectivity index (χ0) is 23.2. The van der Waals surface area contributed by atoms with E-state index >= 15 is 0 Å². The molecule has 1 saturated heterocycles. The lowest BCUT2D eigenvalue weighted by Crippen LogP contribution is -2.47. The van der Waals surface area contributed by atoms with E-state index in [0.29, 0.717) is 17.2 Å². The molecule has 0 aromatic heterocycles. The van der Waals surface area contributed by atoms with Gasteiger partial charge in [-0.1, -0.05) is 48.5 Å². The Bertz CT molecular complexity index is 1050. The Balaban J connectivity index is 0.00000216. The second kappa shape index (κ2) is 13.5. The zero-order valence-corrected chi connectivity index (χ0v) is 21.9. The van der Waals surface area contributed by atoms with Gasteiger partial charge in [-0.2, -0.15) is 0 Å². The van der Waals surface area contributed by atoms with Crippen LogP contribution in [0, 0.1) is 5.82 Å². The molecule has 1 fully saturated rings. The van der Waals surface area contributed by atoms with Crippen LogP contribution in [0.1, 0.15) is 22.7 Å². The van der Waals surface area contributed by atoms with Crippen molar-refractivity contribution in [2.45, 2.75) is 12.6 Å². The van der Waals surface area contributed by atoms with E-state index in [1.54, 1.807) is 33.5 Å². The highest BCUT2D eigenvalue weighted by atomic mass is 35.5. The van der Waals surface area contributed by atoms with E-state index in [0.717, 1.165) is 43.9 Å². The molecule has 0 spiro atoms. The Morgan fingerprint density at radius 2 is 1.31 bits per heavy atom. The molecular formula is C27H33Cl2FN2O3. The molecule has 0 N–H and O–H groups in total. The Hall–Kier alpha value is -2.51. The second-order valence-electron chi connectivity index (χ2n) is 8.17. The van der Waals surface area contributed by atoms with Crippen molar-refractivity contribution in [1.82, 2.24) is 9.80 Å². The fourth-order valence-electron chi connectivity index (χ4n) is 4.60. The van der Waals surface area contributed by atoms with Crippen LogP contribution in [0.4, 0.5) is 4.39 Å². The lowest BCUT2D eigenvalue weighted by Gasteiger charge is -2.40. The van der Waals surface area contributed by atoms with Crippen LogP contribution >= 0.6 is 24.8 Å². The van der Waals surface area contributed by atoms with Gasteiger partial charge < -0.3 is 14.2 Å². The van der Waals surface area contributed by atoms with Crippen molar-refractivity contribution in [3.63, 3.8) is 0 Å². The molecule has 1 unspecified atom stereocenters. The number of piperazine rings is 1. The molecule has 0 saturated carbocycles. The summed E-state index contributed by atoms with van der Waals surface area (Å²) in [6.45, 7) is 4.42. The van der Waals surface area contributed by atoms with E-state index in [-0.39, 0.29) is 36.7 Å². The topological polar surface area (TPSA) is 34.2 Å². The van der Waals surface area contributed by atoms with Crippen LogP contribution in [-0.2, 0) is 6.54 Å². The average molecular weight is 523 g/mol. The minimum Gasteiger partial charge on any atom is -0.493 e. The molecule has 0 radical (unpaired) electrons. The van der Waals surface area contributed by atoms with Crippen molar-refractivity contribution >= 4 is 24.8 Å². The van der Waals surface area contributed by atoms with Gasteiger partial charge in [0, 0.05) is 38.3 Å². The van der Waals surface area contributed by atoms with Crippen molar-refractivity contribution in [2.75, 3.05) is 47.5 Å². The number of hydrogen-bond acceptors (Lipinski definition) is 5. The number of halogens is 3. The van der Waals surface area contributed by atoms with Crippen molar-refractivity contribution in [1.29, 1.82) is 0 Å². The summed E-state index contributed by atoms with van der Waals surface area (Å²) in [5.41, 5.74) is 3.40. The van der Waals surface area contributed by atoms with Crippen LogP contribution in [0.5, 0.6) is 17.2 Å². The second-order valence-corrected chi connectivity index (χ2v) is 8.17. The van der Waals surface area contributed by atoms with E-state index in [4.69, 9.17) is 14.2 Å². The highest BCUT2D eigenvalue weighted by molar-refractivity contribution is 5.85. The fraction of sp³-hybridized carbons (Fsp3) is 0.333. The molecule has 1 aliphatic rings. The number of nitrogens with zero attached hydrogens (tertiary/aromatic N) is 2. The molecule has 1 atom stereocenters. The van der Waals surface area contributed by atoms with Gasteiger partial charge in [0.2, 0.25) is 5.75 Å². The lowest BCUT2D eigenvalue weighted by atomic mass is 9.96. The van der Waals surface area contributed by atoms with E-state index in [1.165, 1.54) is 5.56 Å². The highest BCUT2D eigenvalue weighted by Gasteiger charge is 2.27. The first-order valence-electron chi connectivity index (χ1n) is 11.2. The van der Waals surface area contributed by atoms with Crippen LogP contribution in [0.2, 0.25) is 0 Å². The molecule has 35 heavy (non-hydrogen) atoms. The average Bonchev–Trinajstić information content (AvgIpc) is 2.86. The van der Waals surface area contributed by atoms with Crippen LogP contribution in [0.15, 0.2) is 66.7 Å². The summed E-state index contributed by atoms with van der Waals surface area (Å²) in [6.07, 6.45) is 0. The predicted octanol–water partition coefficient (Wildman–Crippen LogP) is 5.60. The molecule has 0 aliphatic carbocycles. The van der Waals surface area contributed by atoms with E-state index in [9.17, 15) is 4.39 Å². The number of hydrogen-bond donors (Lipinski definition) is 0. The summed E-state index contributed by atoms with van der Waals surface area (Å²) in [5, 5.41) is 0. The van der Waals surface area contributed by atoms with Crippen molar-refractivity contribution in [2.24, 2.45) is 0 Å². The predicted molar refractivity (Wildman–Crippen MR) is 142 cm³/mol. The van der Waals surface area contributed by atoms with Gasteiger partial charge in [0.1, 0.15) is 5.82 Å². The quantitative estimate of drug-likeness (QED) is 0.384. The maximum Gasteiger partial charge on any atom is 0.203 e. The molecular weight excluding hydrogens is 490 g/mol. The maximum absolute atomic E-state index is 13.6. The van der Waals surface area contributed by atoms with Crippen LogP contribution in [0.3, 0.4) is 0 Å². The summed E-state index contributed by atoms with van der Waals surface area (Å²) in [6, 6.07) is 21.4. The molecule has 0 amide bonds. The normalized spacial score (nSPS) is 14.9. The summed E-state index contributed by atoms with van der Waals surface area (Å²) in [5.74, 6) is 1.79. The number of rotatable bonds is 8. The Kier molecular flexibility index (Phi) is 11.1. The van der Waals surface area contributed by atoms with Crippen LogP contribution in [-0.4, -0.2) is 57.3 Å². The molecule has 1 aliphatic heterocycles. The van der Waals surface area contributed by atoms with Crippen LogP contribution in [0.25, 0.3) is 0 Å². The first-order valence-corrected chi connectivity index (χ1v) is 11.2. The highest BCUT2D eigenvalue weighted by Crippen LogP contribution is 2.40. The molecule has 3 aromatic carbocycles. The minimum atomic E-state index is -0.209. The SMILES string of the molecule is COc1ccc(CN2CCN(C(c3ccccc3)c3ccc(F)cc3)CC2)c(OC)c1OC.Cl.Cl. The summed E-state index contributed by atoms with van der Waals surface area (Å²) < 4.78 is 30.2. The third-order valence-electron chi connectivity index (χ3n) is 6.25. The standard InChI is InChI=1S/C27H31FN2O3.2ClH/c1-31-24-14-11-22(26(32-2)27(24)33-3)19-29-15-17-30(18-16-29)25(20-7-5-4-6-8-20)21-9-12-23(28)13-10-21;;/h4-14,25H,15-19H2,1-3H3;2*1H. The fourth-order valence-corrected chi connectivity index (χ4v) is 4.60. The third kappa shape index (κ3) is 6.58. The maximum atomic E-state index is 13.6. The molecule has 0 bridgehead atoms. The van der Waals surface area contributed by atoms with E-state index < -0.39 is 0 Å². The molecule has 4 rings (SSSR count). The Labute approximate surface area is 219 Å². The van der Waals surface area contributed by atoms with Crippen molar-refractivity contribution in [3.8, 4) is 17.2 Å². The van der Waals surface area contributed by atoms with Gasteiger partial charge in [-0.15, -0.1) is 24.8 Å². The first kappa shape index (κ1) is 28.7.